The van der Waals surface area contributed by atoms with Gasteiger partial charge in [0.25, 0.3) is 11.8 Å². The van der Waals surface area contributed by atoms with Crippen LogP contribution in [0.1, 0.15) is 65.4 Å². The Labute approximate surface area is 186 Å². The predicted molar refractivity (Wildman–Crippen MR) is 118 cm³/mol. The molecule has 9 heteroatoms. The molecule has 0 saturated heterocycles. The summed E-state index contributed by atoms with van der Waals surface area (Å²) in [5.74, 6) is -0.743. The summed E-state index contributed by atoms with van der Waals surface area (Å²) in [6.45, 7) is 4.77. The van der Waals surface area contributed by atoms with Crippen LogP contribution in [0.25, 0.3) is 0 Å². The first kappa shape index (κ1) is 21.5. The van der Waals surface area contributed by atoms with Gasteiger partial charge in [-0.1, -0.05) is 18.9 Å². The average molecular weight is 444 g/mol. The molecule has 0 spiro atoms. The molecule has 3 heterocycles. The van der Waals surface area contributed by atoms with Gasteiger partial charge in [0.2, 0.25) is 5.91 Å². The van der Waals surface area contributed by atoms with E-state index in [0.29, 0.717) is 18.8 Å². The van der Waals surface area contributed by atoms with E-state index in [1.54, 1.807) is 23.2 Å². The van der Waals surface area contributed by atoms with E-state index in [1.807, 2.05) is 24.4 Å². The van der Waals surface area contributed by atoms with Crippen molar-refractivity contribution >= 4 is 29.1 Å². The number of aromatic nitrogens is 2. The maximum absolute atomic E-state index is 13.2. The van der Waals surface area contributed by atoms with Crippen molar-refractivity contribution in [3.63, 3.8) is 0 Å². The van der Waals surface area contributed by atoms with Crippen molar-refractivity contribution in [2.24, 2.45) is 0 Å². The third-order valence-electron chi connectivity index (χ3n) is 6.26. The first-order valence-electron chi connectivity index (χ1n) is 10.9. The Kier molecular flexibility index (Phi) is 6.13. The number of nitrogens with zero attached hydrogens (tertiary/aromatic N) is 3. The lowest BCUT2D eigenvalue weighted by atomic mass is 9.94. The second kappa shape index (κ2) is 8.82. The number of thiophene rings is 1. The van der Waals surface area contributed by atoms with Crippen LogP contribution in [-0.2, 0) is 17.8 Å². The van der Waals surface area contributed by atoms with Crippen molar-refractivity contribution < 1.29 is 14.4 Å². The Morgan fingerprint density at radius 1 is 1.32 bits per heavy atom. The van der Waals surface area contributed by atoms with Crippen molar-refractivity contribution in [2.45, 2.75) is 64.1 Å². The van der Waals surface area contributed by atoms with Crippen LogP contribution < -0.4 is 10.6 Å². The maximum Gasteiger partial charge on any atom is 0.273 e. The minimum atomic E-state index is -1.04. The average Bonchev–Trinajstić information content (AvgIpc) is 3.50. The molecule has 2 aromatic heterocycles. The lowest BCUT2D eigenvalue weighted by Crippen LogP contribution is -2.64. The number of rotatable bonds is 7. The first-order chi connectivity index (χ1) is 14.9. The second-order valence-electron chi connectivity index (χ2n) is 8.44. The van der Waals surface area contributed by atoms with Gasteiger partial charge in [-0.05, 0) is 44.6 Å². The number of amides is 3. The van der Waals surface area contributed by atoms with Crippen molar-refractivity contribution in [1.29, 1.82) is 0 Å². The van der Waals surface area contributed by atoms with E-state index in [9.17, 15) is 14.4 Å². The fourth-order valence-electron chi connectivity index (χ4n) is 4.50. The van der Waals surface area contributed by atoms with Crippen molar-refractivity contribution in [1.82, 2.24) is 25.3 Å². The summed E-state index contributed by atoms with van der Waals surface area (Å²) >= 11 is 1.65. The second-order valence-corrected chi connectivity index (χ2v) is 9.47. The van der Waals surface area contributed by atoms with E-state index in [-0.39, 0.29) is 36.0 Å². The number of hydrogen-bond donors (Lipinski definition) is 2. The van der Waals surface area contributed by atoms with Crippen LogP contribution in [-0.4, -0.2) is 57.1 Å². The number of carbonyl (C=O) groups excluding carboxylic acids is 3. The standard InChI is InChI=1S/C22H29N5O3S/c1-3-26-20(29)18-13-17(19(28)23-11-10-16-9-6-12-31-16)25-27(18)14-22(26,2)21(30)24-15-7-4-5-8-15/h6,9,12-13,15H,3-5,7-8,10-11,14H2,1-2H3,(H,23,28)(H,24,30)/t22-/m0/s1. The van der Waals surface area contributed by atoms with Crippen LogP contribution in [0.3, 0.4) is 0 Å². The molecule has 1 aliphatic heterocycles. The largest absolute Gasteiger partial charge is 0.351 e. The lowest BCUT2D eigenvalue weighted by Gasteiger charge is -2.43. The summed E-state index contributed by atoms with van der Waals surface area (Å²) in [5, 5.41) is 12.4. The zero-order valence-corrected chi connectivity index (χ0v) is 18.8. The van der Waals surface area contributed by atoms with Crippen LogP contribution in [0.2, 0.25) is 0 Å². The highest BCUT2D eigenvalue weighted by Gasteiger charge is 2.48. The van der Waals surface area contributed by atoms with Gasteiger partial charge in [-0.3, -0.25) is 19.1 Å². The molecular weight excluding hydrogens is 414 g/mol. The maximum atomic E-state index is 13.2. The predicted octanol–water partition coefficient (Wildman–Crippen LogP) is 2.21. The molecule has 0 radical (unpaired) electrons. The SMILES string of the molecule is CCN1C(=O)c2cc(C(=O)NCCc3cccs3)nn2C[C@@]1(C)C(=O)NC1CCCC1. The quantitative estimate of drug-likeness (QED) is 0.686. The smallest absolute Gasteiger partial charge is 0.273 e. The molecular formula is C22H29N5O3S. The highest BCUT2D eigenvalue weighted by molar-refractivity contribution is 7.09. The summed E-state index contributed by atoms with van der Waals surface area (Å²) in [4.78, 5) is 41.7. The van der Waals surface area contributed by atoms with E-state index in [1.165, 1.54) is 15.6 Å². The summed E-state index contributed by atoms with van der Waals surface area (Å²) in [6.07, 6.45) is 4.94. The monoisotopic (exact) mass is 443 g/mol. The van der Waals surface area contributed by atoms with Crippen LogP contribution >= 0.6 is 11.3 Å². The Morgan fingerprint density at radius 2 is 2.10 bits per heavy atom. The molecule has 2 aliphatic rings. The van der Waals surface area contributed by atoms with Gasteiger partial charge in [-0.15, -0.1) is 11.3 Å². The van der Waals surface area contributed by atoms with E-state index in [0.717, 1.165) is 32.1 Å². The highest BCUT2D eigenvalue weighted by atomic mass is 32.1. The fourth-order valence-corrected chi connectivity index (χ4v) is 5.21. The number of likely N-dealkylation sites (N-methyl/N-ethyl adjacent to an activating group) is 1. The van der Waals surface area contributed by atoms with Crippen LogP contribution in [0.4, 0.5) is 0 Å². The van der Waals surface area contributed by atoms with E-state index >= 15 is 0 Å². The minimum absolute atomic E-state index is 0.155. The molecule has 1 atom stereocenters. The number of nitrogens with one attached hydrogen (secondary N) is 2. The third-order valence-corrected chi connectivity index (χ3v) is 7.20. The minimum Gasteiger partial charge on any atom is -0.351 e. The molecule has 4 rings (SSSR count). The normalized spacial score (nSPS) is 21.2. The van der Waals surface area contributed by atoms with Gasteiger partial charge in [0, 0.05) is 30.1 Å². The van der Waals surface area contributed by atoms with E-state index in [2.05, 4.69) is 15.7 Å². The molecule has 0 bridgehead atoms. The molecule has 166 valence electrons. The fraction of sp³-hybridized carbons (Fsp3) is 0.545. The number of carbonyl (C=O) groups is 3. The van der Waals surface area contributed by atoms with Gasteiger partial charge >= 0.3 is 0 Å². The van der Waals surface area contributed by atoms with E-state index in [4.69, 9.17) is 0 Å². The Morgan fingerprint density at radius 3 is 2.77 bits per heavy atom. The molecule has 2 aromatic rings. The van der Waals surface area contributed by atoms with Crippen molar-refractivity contribution in [3.8, 4) is 0 Å². The van der Waals surface area contributed by atoms with Crippen molar-refractivity contribution in [3.05, 3.63) is 39.8 Å². The molecule has 31 heavy (non-hydrogen) atoms. The van der Waals surface area contributed by atoms with Crippen LogP contribution in [0.15, 0.2) is 23.6 Å². The highest BCUT2D eigenvalue weighted by Crippen LogP contribution is 2.28. The Hall–Kier alpha value is -2.68. The first-order valence-corrected chi connectivity index (χ1v) is 11.8. The molecule has 3 amide bonds. The molecule has 0 unspecified atom stereocenters. The Bertz CT molecular complexity index is 964. The van der Waals surface area contributed by atoms with Gasteiger partial charge < -0.3 is 15.5 Å². The topological polar surface area (TPSA) is 96.3 Å². The van der Waals surface area contributed by atoms with Crippen molar-refractivity contribution in [2.75, 3.05) is 13.1 Å². The lowest BCUT2D eigenvalue weighted by molar-refractivity contribution is -0.133. The molecule has 1 aliphatic carbocycles. The zero-order valence-electron chi connectivity index (χ0n) is 18.0. The summed E-state index contributed by atoms with van der Waals surface area (Å²) < 4.78 is 1.51. The summed E-state index contributed by atoms with van der Waals surface area (Å²) in [5.41, 5.74) is -0.497. The van der Waals surface area contributed by atoms with Gasteiger partial charge in [-0.2, -0.15) is 5.10 Å². The van der Waals surface area contributed by atoms with Crippen LogP contribution in [0, 0.1) is 0 Å². The molecule has 1 fully saturated rings. The molecule has 2 N–H and O–H groups in total. The van der Waals surface area contributed by atoms with Gasteiger partial charge in [-0.25, -0.2) is 0 Å². The van der Waals surface area contributed by atoms with E-state index < -0.39 is 5.54 Å². The van der Waals surface area contributed by atoms with Gasteiger partial charge in [0.1, 0.15) is 11.2 Å². The molecule has 8 nitrogen and oxygen atoms in total. The Balaban J connectivity index is 1.48. The van der Waals surface area contributed by atoms with Crippen LogP contribution in [0.5, 0.6) is 0 Å². The van der Waals surface area contributed by atoms with Gasteiger partial charge in [0.05, 0.1) is 6.54 Å². The summed E-state index contributed by atoms with van der Waals surface area (Å²) in [6, 6.07) is 5.71. The third kappa shape index (κ3) is 4.23. The number of hydrogen-bond acceptors (Lipinski definition) is 5. The van der Waals surface area contributed by atoms with Gasteiger partial charge in [0.15, 0.2) is 5.69 Å². The number of fused-ring (bicyclic) bond motifs is 1. The summed E-state index contributed by atoms with van der Waals surface area (Å²) in [7, 11) is 0. The molecule has 0 aromatic carbocycles. The zero-order chi connectivity index (χ0) is 22.0. The molecule has 1 saturated carbocycles.